The highest BCUT2D eigenvalue weighted by Gasteiger charge is 2.25. The van der Waals surface area contributed by atoms with Gasteiger partial charge in [0.25, 0.3) is 0 Å². The molecule has 1 unspecified atom stereocenters. The van der Waals surface area contributed by atoms with E-state index in [1.807, 2.05) is 25.7 Å². The fourth-order valence-corrected chi connectivity index (χ4v) is 3.18. The van der Waals surface area contributed by atoms with E-state index in [4.69, 9.17) is 4.74 Å². The average Bonchev–Trinajstić information content (AvgIpc) is 2.67. The molecule has 4 nitrogen and oxygen atoms in total. The first kappa shape index (κ1) is 18.4. The van der Waals surface area contributed by atoms with Gasteiger partial charge in [-0.2, -0.15) is 0 Å². The van der Waals surface area contributed by atoms with E-state index in [9.17, 15) is 4.79 Å². The molecule has 1 atom stereocenters. The largest absolute Gasteiger partial charge is 0.444 e. The summed E-state index contributed by atoms with van der Waals surface area (Å²) in [6.07, 6.45) is 2.83. The Kier molecular flexibility index (Phi) is 6.17. The number of halogens is 1. The topological polar surface area (TPSA) is 41.6 Å². The first-order chi connectivity index (χ1) is 10.7. The molecule has 0 radical (unpaired) electrons. The van der Waals surface area contributed by atoms with E-state index in [2.05, 4.69) is 53.0 Å². The zero-order valence-electron chi connectivity index (χ0n) is 14.5. The number of aryl methyl sites for hydroxylation is 1. The molecule has 1 aliphatic heterocycles. The molecule has 0 aromatic heterocycles. The Balaban J connectivity index is 1.90. The van der Waals surface area contributed by atoms with Crippen molar-refractivity contribution in [3.05, 3.63) is 27.3 Å². The Bertz CT molecular complexity index is 554. The second kappa shape index (κ2) is 7.73. The van der Waals surface area contributed by atoms with Crippen molar-refractivity contribution in [2.45, 2.75) is 58.6 Å². The SMILES string of the molecule is Cc1ccc(NC2CCCN(C(=O)OC(C)(C)C)CC2)cc1I. The zero-order chi connectivity index (χ0) is 17.0. The summed E-state index contributed by atoms with van der Waals surface area (Å²) in [7, 11) is 0. The van der Waals surface area contributed by atoms with Gasteiger partial charge in [-0.3, -0.25) is 0 Å². The number of hydrogen-bond acceptors (Lipinski definition) is 3. The van der Waals surface area contributed by atoms with E-state index in [-0.39, 0.29) is 6.09 Å². The van der Waals surface area contributed by atoms with Gasteiger partial charge in [-0.15, -0.1) is 0 Å². The number of rotatable bonds is 2. The molecule has 5 heteroatoms. The van der Waals surface area contributed by atoms with Crippen LogP contribution in [0.15, 0.2) is 18.2 Å². The number of nitrogens with one attached hydrogen (secondary N) is 1. The third kappa shape index (κ3) is 5.86. The molecule has 0 spiro atoms. The number of carbonyl (C=O) groups is 1. The molecule has 1 heterocycles. The van der Waals surface area contributed by atoms with Gasteiger partial charge in [0.05, 0.1) is 0 Å². The van der Waals surface area contributed by atoms with E-state index >= 15 is 0 Å². The van der Waals surface area contributed by atoms with Gasteiger partial charge in [0.15, 0.2) is 0 Å². The summed E-state index contributed by atoms with van der Waals surface area (Å²) in [6.45, 7) is 9.37. The molecule has 0 bridgehead atoms. The lowest BCUT2D eigenvalue weighted by Crippen LogP contribution is -2.37. The van der Waals surface area contributed by atoms with Crippen LogP contribution in [0.3, 0.4) is 0 Å². The van der Waals surface area contributed by atoms with E-state index in [1.165, 1.54) is 9.13 Å². The molecule has 1 fully saturated rings. The Morgan fingerprint density at radius 1 is 1.30 bits per heavy atom. The van der Waals surface area contributed by atoms with Crippen LogP contribution < -0.4 is 5.32 Å². The van der Waals surface area contributed by atoms with E-state index in [0.29, 0.717) is 6.04 Å². The molecule has 1 saturated heterocycles. The Hall–Kier alpha value is -0.980. The molecule has 0 saturated carbocycles. The number of hydrogen-bond donors (Lipinski definition) is 1. The highest BCUT2D eigenvalue weighted by atomic mass is 127. The van der Waals surface area contributed by atoms with E-state index in [1.54, 1.807) is 0 Å². The van der Waals surface area contributed by atoms with Crippen molar-refractivity contribution >= 4 is 34.4 Å². The first-order valence-electron chi connectivity index (χ1n) is 8.25. The molecule has 1 amide bonds. The van der Waals surface area contributed by atoms with Crippen molar-refractivity contribution in [3.63, 3.8) is 0 Å². The first-order valence-corrected chi connectivity index (χ1v) is 9.33. The van der Waals surface area contributed by atoms with Crippen LogP contribution in [0.1, 0.15) is 45.6 Å². The minimum Gasteiger partial charge on any atom is -0.444 e. The second-order valence-electron chi connectivity index (χ2n) is 7.20. The lowest BCUT2D eigenvalue weighted by molar-refractivity contribution is 0.0256. The summed E-state index contributed by atoms with van der Waals surface area (Å²) in [5, 5.41) is 3.61. The van der Waals surface area contributed by atoms with Crippen molar-refractivity contribution < 1.29 is 9.53 Å². The number of anilines is 1. The van der Waals surface area contributed by atoms with Gasteiger partial charge in [-0.1, -0.05) is 6.07 Å². The normalized spacial score (nSPS) is 19.2. The van der Waals surface area contributed by atoms with E-state index in [0.717, 1.165) is 38.0 Å². The summed E-state index contributed by atoms with van der Waals surface area (Å²) >= 11 is 2.37. The standard InChI is InChI=1S/C18H27IN2O2/c1-13-7-8-15(12-16(13)19)20-14-6-5-10-21(11-9-14)17(22)23-18(2,3)4/h7-8,12,14,20H,5-6,9-11H2,1-4H3. The number of benzene rings is 1. The van der Waals surface area contributed by atoms with Crippen LogP contribution in [0, 0.1) is 10.5 Å². The maximum Gasteiger partial charge on any atom is 0.410 e. The quantitative estimate of drug-likeness (QED) is 0.686. The van der Waals surface area contributed by atoms with Gasteiger partial charge < -0.3 is 15.0 Å². The summed E-state index contributed by atoms with van der Waals surface area (Å²) in [5.41, 5.74) is 2.03. The molecule has 23 heavy (non-hydrogen) atoms. The van der Waals surface area contributed by atoms with Crippen LogP contribution in [-0.4, -0.2) is 35.7 Å². The van der Waals surface area contributed by atoms with Gasteiger partial charge in [0, 0.05) is 28.4 Å². The molecule has 2 rings (SSSR count). The summed E-state index contributed by atoms with van der Waals surface area (Å²) < 4.78 is 6.76. The zero-order valence-corrected chi connectivity index (χ0v) is 16.6. The lowest BCUT2D eigenvalue weighted by Gasteiger charge is -2.26. The molecular weight excluding hydrogens is 403 g/mol. The smallest absolute Gasteiger partial charge is 0.410 e. The number of ether oxygens (including phenoxy) is 1. The molecular formula is C18H27IN2O2. The number of likely N-dealkylation sites (tertiary alicyclic amines) is 1. The van der Waals surface area contributed by atoms with Crippen molar-refractivity contribution in [1.29, 1.82) is 0 Å². The van der Waals surface area contributed by atoms with E-state index < -0.39 is 5.60 Å². The summed E-state index contributed by atoms with van der Waals surface area (Å²) in [4.78, 5) is 14.0. The molecule has 1 aromatic carbocycles. The molecule has 1 aromatic rings. The van der Waals surface area contributed by atoms with Gasteiger partial charge >= 0.3 is 6.09 Å². The number of nitrogens with zero attached hydrogens (tertiary/aromatic N) is 1. The van der Waals surface area contributed by atoms with Crippen molar-refractivity contribution in [3.8, 4) is 0 Å². The molecule has 1 N–H and O–H groups in total. The van der Waals surface area contributed by atoms with Crippen molar-refractivity contribution in [2.24, 2.45) is 0 Å². The number of amides is 1. The third-order valence-corrected chi connectivity index (χ3v) is 5.08. The monoisotopic (exact) mass is 430 g/mol. The van der Waals surface area contributed by atoms with Gasteiger partial charge in [0.2, 0.25) is 0 Å². The molecule has 0 aliphatic carbocycles. The van der Waals surface area contributed by atoms with Gasteiger partial charge in [0.1, 0.15) is 5.60 Å². The van der Waals surface area contributed by atoms with Gasteiger partial charge in [-0.25, -0.2) is 4.79 Å². The summed E-state index contributed by atoms with van der Waals surface area (Å²) in [6, 6.07) is 6.87. The van der Waals surface area contributed by atoms with Crippen molar-refractivity contribution in [2.75, 3.05) is 18.4 Å². The Morgan fingerprint density at radius 3 is 2.70 bits per heavy atom. The highest BCUT2D eigenvalue weighted by Crippen LogP contribution is 2.21. The minimum absolute atomic E-state index is 0.192. The number of carbonyl (C=O) groups excluding carboxylic acids is 1. The summed E-state index contributed by atoms with van der Waals surface area (Å²) in [5.74, 6) is 0. The van der Waals surface area contributed by atoms with Crippen LogP contribution in [0.25, 0.3) is 0 Å². The molecule has 1 aliphatic rings. The molecule has 128 valence electrons. The fraction of sp³-hybridized carbons (Fsp3) is 0.611. The lowest BCUT2D eigenvalue weighted by atomic mass is 10.1. The van der Waals surface area contributed by atoms with Gasteiger partial charge in [-0.05, 0) is 87.2 Å². The van der Waals surface area contributed by atoms with Crippen LogP contribution >= 0.6 is 22.6 Å². The highest BCUT2D eigenvalue weighted by molar-refractivity contribution is 14.1. The Morgan fingerprint density at radius 2 is 2.04 bits per heavy atom. The predicted octanol–water partition coefficient (Wildman–Crippen LogP) is 4.80. The fourth-order valence-electron chi connectivity index (χ4n) is 2.67. The minimum atomic E-state index is -0.431. The maximum atomic E-state index is 12.2. The van der Waals surface area contributed by atoms with Crippen LogP contribution in [0.4, 0.5) is 10.5 Å². The predicted molar refractivity (Wildman–Crippen MR) is 103 cm³/mol. The third-order valence-electron chi connectivity index (χ3n) is 3.92. The van der Waals surface area contributed by atoms with Crippen LogP contribution in [0.2, 0.25) is 0 Å². The average molecular weight is 430 g/mol. The maximum absolute atomic E-state index is 12.2. The van der Waals surface area contributed by atoms with Crippen LogP contribution in [-0.2, 0) is 4.74 Å². The van der Waals surface area contributed by atoms with Crippen LogP contribution in [0.5, 0.6) is 0 Å². The Labute approximate surface area is 153 Å². The van der Waals surface area contributed by atoms with Crippen molar-refractivity contribution in [1.82, 2.24) is 4.90 Å². The second-order valence-corrected chi connectivity index (χ2v) is 8.37.